The maximum Gasteiger partial charge on any atom is 0.259 e. The second-order valence-corrected chi connectivity index (χ2v) is 7.08. The molecule has 0 aliphatic heterocycles. The second kappa shape index (κ2) is 7.55. The van der Waals surface area contributed by atoms with Crippen molar-refractivity contribution in [2.24, 2.45) is 0 Å². The Bertz CT molecular complexity index is 1360. The monoisotopic (exact) mass is 421 g/mol. The molecule has 8 heteroatoms. The van der Waals surface area contributed by atoms with E-state index in [1.54, 1.807) is 35.9 Å². The number of benzene rings is 2. The molecule has 0 saturated heterocycles. The van der Waals surface area contributed by atoms with Gasteiger partial charge in [0.1, 0.15) is 11.2 Å². The summed E-state index contributed by atoms with van der Waals surface area (Å²) in [6.07, 6.45) is 1.57. The normalized spacial score (nSPS) is 11.6. The highest BCUT2D eigenvalue weighted by molar-refractivity contribution is 6.32. The highest BCUT2D eigenvalue weighted by atomic mass is 35.5. The number of hydrogen-bond acceptors (Lipinski definition) is 4. The average molecular weight is 422 g/mol. The molecule has 0 aliphatic rings. The summed E-state index contributed by atoms with van der Waals surface area (Å²) in [4.78, 5) is 19.4. The first-order chi connectivity index (χ1) is 14.0. The van der Waals surface area contributed by atoms with Crippen LogP contribution in [0.25, 0.3) is 28.2 Å². The zero-order valence-electron chi connectivity index (χ0n) is 15.1. The minimum Gasteiger partial charge on any atom is -0.305 e. The van der Waals surface area contributed by atoms with Gasteiger partial charge in [0.15, 0.2) is 5.82 Å². The third kappa shape index (κ3) is 3.54. The highest BCUT2D eigenvalue weighted by Crippen LogP contribution is 2.27. The lowest BCUT2D eigenvalue weighted by Gasteiger charge is -2.03. The molecule has 2 aromatic heterocycles. The van der Waals surface area contributed by atoms with Gasteiger partial charge in [-0.25, -0.2) is 9.67 Å². The number of allylic oxidation sites excluding steroid dienone is 1. The number of nitrogens with zero attached hydrogens (tertiary/aromatic N) is 4. The van der Waals surface area contributed by atoms with Gasteiger partial charge in [-0.2, -0.15) is 10.4 Å². The van der Waals surface area contributed by atoms with Crippen molar-refractivity contribution in [2.75, 3.05) is 0 Å². The van der Waals surface area contributed by atoms with Crippen molar-refractivity contribution in [3.63, 3.8) is 0 Å². The van der Waals surface area contributed by atoms with E-state index in [0.29, 0.717) is 32.3 Å². The molecule has 0 radical (unpaired) electrons. The third-order valence-electron chi connectivity index (χ3n) is 4.38. The second-order valence-electron chi connectivity index (χ2n) is 6.28. The number of aryl methyl sites for hydroxylation is 1. The lowest BCUT2D eigenvalue weighted by molar-refractivity contribution is 0.863. The number of H-pyrrole nitrogens is 1. The summed E-state index contributed by atoms with van der Waals surface area (Å²) in [6.45, 7) is 1.79. The topological polar surface area (TPSA) is 87.4 Å². The molecule has 2 aromatic carbocycles. The molecule has 0 saturated carbocycles. The molecule has 0 unspecified atom stereocenters. The smallest absolute Gasteiger partial charge is 0.259 e. The number of aromatic amines is 1. The molecule has 4 rings (SSSR count). The molecule has 142 valence electrons. The molecular formula is C21H13Cl2N5O. The number of para-hydroxylation sites is 1. The lowest BCUT2D eigenvalue weighted by atomic mass is 10.1. The van der Waals surface area contributed by atoms with Crippen LogP contribution in [0.15, 0.2) is 53.3 Å². The fourth-order valence-corrected chi connectivity index (χ4v) is 3.45. The highest BCUT2D eigenvalue weighted by Gasteiger charge is 2.16. The van der Waals surface area contributed by atoms with Gasteiger partial charge in [0.25, 0.3) is 5.56 Å². The first kappa shape index (κ1) is 18.9. The number of nitriles is 1. The first-order valence-electron chi connectivity index (χ1n) is 8.60. The van der Waals surface area contributed by atoms with Crippen molar-refractivity contribution in [3.8, 4) is 11.8 Å². The summed E-state index contributed by atoms with van der Waals surface area (Å²) >= 11 is 12.5. The number of fused-ring (bicyclic) bond motifs is 1. The fraction of sp³-hybridized carbons (Fsp3) is 0.0476. The van der Waals surface area contributed by atoms with Crippen LogP contribution in [0.1, 0.15) is 17.1 Å². The van der Waals surface area contributed by atoms with Crippen molar-refractivity contribution < 1.29 is 0 Å². The van der Waals surface area contributed by atoms with Crippen molar-refractivity contribution in [1.29, 1.82) is 5.26 Å². The molecule has 29 heavy (non-hydrogen) atoms. The van der Waals surface area contributed by atoms with Crippen LogP contribution >= 0.6 is 23.2 Å². The summed E-state index contributed by atoms with van der Waals surface area (Å²) in [6, 6.07) is 16.3. The maximum absolute atomic E-state index is 12.4. The summed E-state index contributed by atoms with van der Waals surface area (Å²) in [7, 11) is 0. The number of aromatic nitrogens is 4. The van der Waals surface area contributed by atoms with Crippen LogP contribution in [-0.2, 0) is 0 Å². The number of hydrogen-bond donors (Lipinski definition) is 1. The Balaban J connectivity index is 1.86. The van der Waals surface area contributed by atoms with E-state index in [1.807, 2.05) is 30.3 Å². The molecule has 6 nitrogen and oxygen atoms in total. The average Bonchev–Trinajstić information content (AvgIpc) is 3.00. The standard InChI is InChI=1S/C21H13Cl2N5O/c1-12-17(19(23)28(27-12)15-5-3-2-4-6-15)9-13(11-24)20-25-18-10-14(22)7-8-16(18)21(29)26-20/h2-10H,1H3,(H,25,26,29). The van der Waals surface area contributed by atoms with Gasteiger partial charge in [-0.15, -0.1) is 0 Å². The van der Waals surface area contributed by atoms with E-state index in [2.05, 4.69) is 21.1 Å². The molecule has 0 bridgehead atoms. The maximum atomic E-state index is 12.4. The molecule has 0 atom stereocenters. The van der Waals surface area contributed by atoms with Gasteiger partial charge in [-0.3, -0.25) is 4.79 Å². The zero-order chi connectivity index (χ0) is 20.5. The van der Waals surface area contributed by atoms with Crippen molar-refractivity contribution in [1.82, 2.24) is 19.7 Å². The molecular weight excluding hydrogens is 409 g/mol. The van der Waals surface area contributed by atoms with E-state index in [9.17, 15) is 10.1 Å². The van der Waals surface area contributed by atoms with E-state index in [4.69, 9.17) is 23.2 Å². The quantitative estimate of drug-likeness (QED) is 0.481. The molecule has 4 aromatic rings. The number of rotatable bonds is 3. The third-order valence-corrected chi connectivity index (χ3v) is 4.98. The lowest BCUT2D eigenvalue weighted by Crippen LogP contribution is -2.11. The van der Waals surface area contributed by atoms with Gasteiger partial charge in [0.05, 0.1) is 27.9 Å². The van der Waals surface area contributed by atoms with Crippen LogP contribution in [0.3, 0.4) is 0 Å². The molecule has 1 N–H and O–H groups in total. The molecule has 0 aliphatic carbocycles. The molecule has 0 fully saturated rings. The van der Waals surface area contributed by atoms with Gasteiger partial charge >= 0.3 is 0 Å². The fourth-order valence-electron chi connectivity index (χ4n) is 2.95. The van der Waals surface area contributed by atoms with Crippen LogP contribution in [0, 0.1) is 18.3 Å². The van der Waals surface area contributed by atoms with Crippen molar-refractivity contribution in [3.05, 3.63) is 86.1 Å². The van der Waals surface area contributed by atoms with Crippen LogP contribution < -0.4 is 5.56 Å². The Labute approximate surface area is 175 Å². The van der Waals surface area contributed by atoms with E-state index >= 15 is 0 Å². The summed E-state index contributed by atoms with van der Waals surface area (Å²) in [5.74, 6) is 0.134. The van der Waals surface area contributed by atoms with Gasteiger partial charge in [-0.1, -0.05) is 41.4 Å². The van der Waals surface area contributed by atoms with Crippen LogP contribution in [0.5, 0.6) is 0 Å². The van der Waals surface area contributed by atoms with Crippen molar-refractivity contribution in [2.45, 2.75) is 6.92 Å². The van der Waals surface area contributed by atoms with Crippen LogP contribution in [-0.4, -0.2) is 19.7 Å². The molecule has 0 amide bonds. The Morgan fingerprint density at radius 1 is 1.21 bits per heavy atom. The van der Waals surface area contributed by atoms with Gasteiger partial charge in [-0.05, 0) is 43.3 Å². The van der Waals surface area contributed by atoms with E-state index < -0.39 is 0 Å². The molecule has 0 spiro atoms. The summed E-state index contributed by atoms with van der Waals surface area (Å²) < 4.78 is 1.59. The Hall–Kier alpha value is -3.40. The van der Waals surface area contributed by atoms with Gasteiger partial charge in [0, 0.05) is 10.6 Å². The van der Waals surface area contributed by atoms with Gasteiger partial charge in [0.2, 0.25) is 0 Å². The van der Waals surface area contributed by atoms with E-state index in [1.165, 1.54) is 0 Å². The van der Waals surface area contributed by atoms with E-state index in [0.717, 1.165) is 5.69 Å². The Morgan fingerprint density at radius 2 is 1.97 bits per heavy atom. The van der Waals surface area contributed by atoms with Gasteiger partial charge < -0.3 is 4.98 Å². The Kier molecular flexibility index (Phi) is 4.93. The van der Waals surface area contributed by atoms with Crippen LogP contribution in [0.2, 0.25) is 10.2 Å². The SMILES string of the molecule is Cc1nn(-c2ccccc2)c(Cl)c1C=C(C#N)c1nc2cc(Cl)ccc2c(=O)[nH]1. The largest absolute Gasteiger partial charge is 0.305 e. The predicted molar refractivity (Wildman–Crippen MR) is 114 cm³/mol. The first-order valence-corrected chi connectivity index (χ1v) is 9.36. The van der Waals surface area contributed by atoms with E-state index in [-0.39, 0.29) is 17.0 Å². The minimum absolute atomic E-state index is 0.134. The number of halogens is 2. The summed E-state index contributed by atoms with van der Waals surface area (Å²) in [5.41, 5.74) is 2.21. The van der Waals surface area contributed by atoms with Crippen molar-refractivity contribution >= 4 is 45.8 Å². The minimum atomic E-state index is -0.356. The van der Waals surface area contributed by atoms with Crippen LogP contribution in [0.4, 0.5) is 0 Å². The molecule has 2 heterocycles. The number of nitrogens with one attached hydrogen (secondary N) is 1. The predicted octanol–water partition coefficient (Wildman–Crippen LogP) is 4.79. The summed E-state index contributed by atoms with van der Waals surface area (Å²) in [5, 5.41) is 15.3. The Morgan fingerprint density at radius 3 is 2.69 bits per heavy atom. The zero-order valence-corrected chi connectivity index (χ0v) is 16.7.